The summed E-state index contributed by atoms with van der Waals surface area (Å²) in [5.74, 6) is 0.0301. The molecule has 0 aromatic heterocycles. The Morgan fingerprint density at radius 3 is 2.81 bits per heavy atom. The van der Waals surface area contributed by atoms with E-state index >= 15 is 0 Å². The van der Waals surface area contributed by atoms with Gasteiger partial charge in [-0.25, -0.2) is 0 Å². The van der Waals surface area contributed by atoms with E-state index < -0.39 is 0 Å². The first kappa shape index (κ1) is 13.5. The normalized spacial score (nSPS) is 10.2. The highest BCUT2D eigenvalue weighted by Crippen LogP contribution is 2.29. The number of aryl methyl sites for hydroxylation is 1. The van der Waals surface area contributed by atoms with Crippen LogP contribution in [-0.2, 0) is 4.79 Å². The van der Waals surface area contributed by atoms with Crippen molar-refractivity contribution in [2.45, 2.75) is 33.1 Å². The molecule has 1 N–H and O–H groups in total. The quantitative estimate of drug-likeness (QED) is 0.869. The largest absolute Gasteiger partial charge is 0.325 e. The zero-order valence-electron chi connectivity index (χ0n) is 9.44. The molecule has 1 aromatic rings. The third-order valence-corrected chi connectivity index (χ3v) is 3.34. The van der Waals surface area contributed by atoms with Crippen molar-refractivity contribution in [3.8, 4) is 0 Å². The zero-order valence-corrected chi connectivity index (χ0v) is 11.8. The first-order valence-corrected chi connectivity index (χ1v) is 6.47. The molecule has 0 aliphatic rings. The third kappa shape index (κ3) is 3.80. The van der Waals surface area contributed by atoms with Crippen LogP contribution in [-0.4, -0.2) is 5.91 Å². The Kier molecular flexibility index (Phi) is 5.29. The van der Waals surface area contributed by atoms with Gasteiger partial charge >= 0.3 is 0 Å². The van der Waals surface area contributed by atoms with Crippen molar-refractivity contribution >= 4 is 39.1 Å². The van der Waals surface area contributed by atoms with E-state index in [0.717, 1.165) is 28.6 Å². The standard InChI is InChI=1S/C12H15BrClNO/c1-3-4-5-12(16)15-11-7-10(14)8(2)6-9(11)13/h6-7H,3-5H2,1-2H3,(H,15,16). The van der Waals surface area contributed by atoms with Crippen molar-refractivity contribution in [2.24, 2.45) is 0 Å². The van der Waals surface area contributed by atoms with E-state index in [4.69, 9.17) is 11.6 Å². The van der Waals surface area contributed by atoms with Crippen molar-refractivity contribution < 1.29 is 4.79 Å². The highest BCUT2D eigenvalue weighted by molar-refractivity contribution is 9.10. The van der Waals surface area contributed by atoms with Crippen LogP contribution in [0, 0.1) is 6.92 Å². The van der Waals surface area contributed by atoms with Gasteiger partial charge in [-0.05, 0) is 47.0 Å². The summed E-state index contributed by atoms with van der Waals surface area (Å²) in [6.07, 6.45) is 2.47. The highest BCUT2D eigenvalue weighted by Gasteiger charge is 2.07. The molecule has 0 saturated carbocycles. The van der Waals surface area contributed by atoms with Crippen LogP contribution in [0.25, 0.3) is 0 Å². The summed E-state index contributed by atoms with van der Waals surface area (Å²) in [5, 5.41) is 3.50. The van der Waals surface area contributed by atoms with Gasteiger partial charge in [-0.15, -0.1) is 0 Å². The lowest BCUT2D eigenvalue weighted by Crippen LogP contribution is -2.11. The number of carbonyl (C=O) groups excluding carboxylic acids is 1. The van der Waals surface area contributed by atoms with Gasteiger partial charge in [0.15, 0.2) is 0 Å². The first-order valence-electron chi connectivity index (χ1n) is 5.30. The number of carbonyl (C=O) groups is 1. The highest BCUT2D eigenvalue weighted by atomic mass is 79.9. The number of amides is 1. The van der Waals surface area contributed by atoms with Gasteiger partial charge in [-0.1, -0.05) is 24.9 Å². The van der Waals surface area contributed by atoms with E-state index in [2.05, 4.69) is 28.2 Å². The van der Waals surface area contributed by atoms with Gasteiger partial charge in [0.1, 0.15) is 0 Å². The Bertz CT molecular complexity index is 393. The fraction of sp³-hybridized carbons (Fsp3) is 0.417. The Balaban J connectivity index is 2.73. The van der Waals surface area contributed by atoms with Crippen LogP contribution in [0.15, 0.2) is 16.6 Å². The SMILES string of the molecule is CCCCC(=O)Nc1cc(Cl)c(C)cc1Br. The average Bonchev–Trinajstić information content (AvgIpc) is 2.23. The van der Waals surface area contributed by atoms with E-state index in [1.807, 2.05) is 13.0 Å². The Labute approximate surface area is 110 Å². The fourth-order valence-electron chi connectivity index (χ4n) is 1.29. The number of rotatable bonds is 4. The van der Waals surface area contributed by atoms with Crippen molar-refractivity contribution in [1.29, 1.82) is 0 Å². The summed E-state index contributed by atoms with van der Waals surface area (Å²) in [4.78, 5) is 11.5. The summed E-state index contributed by atoms with van der Waals surface area (Å²) in [6, 6.07) is 3.67. The average molecular weight is 305 g/mol. The van der Waals surface area contributed by atoms with Gasteiger partial charge < -0.3 is 5.32 Å². The molecule has 16 heavy (non-hydrogen) atoms. The molecule has 0 atom stereocenters. The summed E-state index contributed by atoms with van der Waals surface area (Å²) >= 11 is 9.41. The molecule has 4 heteroatoms. The van der Waals surface area contributed by atoms with Crippen molar-refractivity contribution in [3.05, 3.63) is 27.2 Å². The molecule has 0 unspecified atom stereocenters. The van der Waals surface area contributed by atoms with Crippen molar-refractivity contribution in [1.82, 2.24) is 0 Å². The molecule has 0 aliphatic heterocycles. The molecule has 0 fully saturated rings. The molecular formula is C12H15BrClNO. The van der Waals surface area contributed by atoms with Gasteiger partial charge in [0.05, 0.1) is 5.69 Å². The molecule has 1 rings (SSSR count). The number of benzene rings is 1. The molecule has 0 saturated heterocycles. The minimum Gasteiger partial charge on any atom is -0.325 e. The second-order valence-corrected chi connectivity index (χ2v) is 4.99. The molecule has 2 nitrogen and oxygen atoms in total. The van der Waals surface area contributed by atoms with Crippen LogP contribution >= 0.6 is 27.5 Å². The van der Waals surface area contributed by atoms with Crippen LogP contribution in [0.5, 0.6) is 0 Å². The zero-order chi connectivity index (χ0) is 12.1. The van der Waals surface area contributed by atoms with Crippen LogP contribution in [0.4, 0.5) is 5.69 Å². The lowest BCUT2D eigenvalue weighted by Gasteiger charge is -2.09. The van der Waals surface area contributed by atoms with Crippen LogP contribution in [0.1, 0.15) is 31.7 Å². The topological polar surface area (TPSA) is 29.1 Å². The predicted molar refractivity (Wildman–Crippen MR) is 72.0 cm³/mol. The third-order valence-electron chi connectivity index (χ3n) is 2.28. The monoisotopic (exact) mass is 303 g/mol. The maximum absolute atomic E-state index is 11.5. The van der Waals surface area contributed by atoms with E-state index in [0.29, 0.717) is 11.4 Å². The van der Waals surface area contributed by atoms with Crippen LogP contribution in [0.3, 0.4) is 0 Å². The lowest BCUT2D eigenvalue weighted by atomic mass is 10.2. The van der Waals surface area contributed by atoms with Gasteiger partial charge in [0, 0.05) is 15.9 Å². The molecule has 0 bridgehead atoms. The maximum atomic E-state index is 11.5. The summed E-state index contributed by atoms with van der Waals surface area (Å²) in [7, 11) is 0. The van der Waals surface area contributed by atoms with Crippen molar-refractivity contribution in [2.75, 3.05) is 5.32 Å². The fourth-order valence-corrected chi connectivity index (χ4v) is 2.01. The van der Waals surface area contributed by atoms with Crippen LogP contribution < -0.4 is 5.32 Å². The number of halogens is 2. The number of hydrogen-bond donors (Lipinski definition) is 1. The smallest absolute Gasteiger partial charge is 0.224 e. The Morgan fingerprint density at radius 2 is 2.19 bits per heavy atom. The summed E-state index contributed by atoms with van der Waals surface area (Å²) in [5.41, 5.74) is 1.72. The molecule has 1 aromatic carbocycles. The predicted octanol–water partition coefficient (Wildman–Crippen LogP) is 4.54. The van der Waals surface area contributed by atoms with Gasteiger partial charge in [-0.3, -0.25) is 4.79 Å². The van der Waals surface area contributed by atoms with E-state index in [1.54, 1.807) is 6.07 Å². The van der Waals surface area contributed by atoms with Gasteiger partial charge in [-0.2, -0.15) is 0 Å². The van der Waals surface area contributed by atoms with Crippen LogP contribution in [0.2, 0.25) is 5.02 Å². The molecule has 0 aliphatic carbocycles. The second kappa shape index (κ2) is 6.26. The van der Waals surface area contributed by atoms with E-state index in [9.17, 15) is 4.79 Å². The van der Waals surface area contributed by atoms with Gasteiger partial charge in [0.2, 0.25) is 5.91 Å². The molecular weight excluding hydrogens is 289 g/mol. The molecule has 0 spiro atoms. The minimum atomic E-state index is 0.0301. The number of hydrogen-bond acceptors (Lipinski definition) is 1. The lowest BCUT2D eigenvalue weighted by molar-refractivity contribution is -0.116. The number of nitrogens with one attached hydrogen (secondary N) is 1. The summed E-state index contributed by atoms with van der Waals surface area (Å²) in [6.45, 7) is 3.99. The minimum absolute atomic E-state index is 0.0301. The molecule has 0 radical (unpaired) electrons. The number of unbranched alkanes of at least 4 members (excludes halogenated alkanes) is 1. The molecule has 0 heterocycles. The van der Waals surface area contributed by atoms with Crippen molar-refractivity contribution in [3.63, 3.8) is 0 Å². The first-order chi connectivity index (χ1) is 7.54. The summed E-state index contributed by atoms with van der Waals surface area (Å²) < 4.78 is 0.860. The van der Waals surface area contributed by atoms with E-state index in [1.165, 1.54) is 0 Å². The maximum Gasteiger partial charge on any atom is 0.224 e. The van der Waals surface area contributed by atoms with E-state index in [-0.39, 0.29) is 5.91 Å². The molecule has 1 amide bonds. The molecule has 88 valence electrons. The number of anilines is 1. The second-order valence-electron chi connectivity index (χ2n) is 3.73. The Morgan fingerprint density at radius 1 is 1.50 bits per heavy atom. The van der Waals surface area contributed by atoms with Gasteiger partial charge in [0.25, 0.3) is 0 Å². The Hall–Kier alpha value is -0.540.